The Morgan fingerprint density at radius 1 is 1.14 bits per heavy atom. The smallest absolute Gasteiger partial charge is 0.253 e. The minimum absolute atomic E-state index is 0.0637. The molecule has 0 spiro atoms. The molecule has 0 bridgehead atoms. The average Bonchev–Trinajstić information content (AvgIpc) is 3.33. The van der Waals surface area contributed by atoms with Crippen LogP contribution in [0.5, 0.6) is 0 Å². The fraction of sp³-hybridized carbons (Fsp3) is 0.235. The highest BCUT2D eigenvalue weighted by Crippen LogP contribution is 2.41. The minimum Gasteiger partial charge on any atom is -0.345 e. The molecule has 0 radical (unpaired) electrons. The van der Waals surface area contributed by atoms with Crippen molar-refractivity contribution in [3.05, 3.63) is 69.2 Å². The molecule has 108 valence electrons. The molecule has 0 saturated heterocycles. The Morgan fingerprint density at radius 2 is 1.86 bits per heavy atom. The number of halogens is 2. The second kappa shape index (κ2) is 6.20. The lowest BCUT2D eigenvalue weighted by molar-refractivity contribution is 0.0932. The maximum absolute atomic E-state index is 12.5. The Bertz CT molecular complexity index is 655. The predicted octanol–water partition coefficient (Wildman–Crippen LogP) is 4.98. The van der Waals surface area contributed by atoms with Gasteiger partial charge in [0.15, 0.2) is 0 Å². The number of nitrogens with one attached hydrogen (secondary N) is 1. The molecule has 1 saturated carbocycles. The first-order chi connectivity index (χ1) is 10.2. The summed E-state index contributed by atoms with van der Waals surface area (Å²) in [5.41, 5.74) is 1.66. The van der Waals surface area contributed by atoms with Gasteiger partial charge < -0.3 is 5.32 Å². The molecule has 1 N–H and O–H groups in total. The van der Waals surface area contributed by atoms with Gasteiger partial charge in [-0.15, -0.1) is 0 Å². The van der Waals surface area contributed by atoms with Gasteiger partial charge in [0.05, 0.1) is 16.6 Å². The van der Waals surface area contributed by atoms with Crippen LogP contribution in [0.25, 0.3) is 0 Å². The fourth-order valence-electron chi connectivity index (χ4n) is 2.46. The van der Waals surface area contributed by atoms with E-state index in [0.29, 0.717) is 16.5 Å². The van der Waals surface area contributed by atoms with Crippen molar-refractivity contribution in [2.24, 2.45) is 5.92 Å². The van der Waals surface area contributed by atoms with Crippen LogP contribution in [0.1, 0.15) is 34.8 Å². The van der Waals surface area contributed by atoms with E-state index >= 15 is 0 Å². The molecule has 1 fully saturated rings. The number of carbonyl (C=O) groups excluding carboxylic acids is 1. The summed E-state index contributed by atoms with van der Waals surface area (Å²) in [4.78, 5) is 12.5. The topological polar surface area (TPSA) is 29.1 Å². The molecule has 3 rings (SSSR count). The van der Waals surface area contributed by atoms with Crippen molar-refractivity contribution in [1.29, 1.82) is 0 Å². The fourth-order valence-corrected chi connectivity index (χ4v) is 3.04. The van der Waals surface area contributed by atoms with Crippen molar-refractivity contribution in [3.8, 4) is 0 Å². The van der Waals surface area contributed by atoms with Crippen LogP contribution < -0.4 is 5.32 Å². The number of hydrogen-bond acceptors (Lipinski definition) is 1. The molecule has 4 heteroatoms. The van der Waals surface area contributed by atoms with Crippen molar-refractivity contribution < 1.29 is 4.79 Å². The number of carbonyl (C=O) groups is 1. The summed E-state index contributed by atoms with van der Waals surface area (Å²) in [7, 11) is 0. The molecule has 1 atom stereocenters. The third-order valence-corrected chi connectivity index (χ3v) is 5.03. The van der Waals surface area contributed by atoms with Crippen LogP contribution in [0.4, 0.5) is 0 Å². The zero-order chi connectivity index (χ0) is 14.8. The normalized spacial score (nSPS) is 15.5. The SMILES string of the molecule is O=C(NC(c1ccccc1)C1CC1)c1cccc(Br)c1Cl. The monoisotopic (exact) mass is 363 g/mol. The lowest BCUT2D eigenvalue weighted by Crippen LogP contribution is -2.30. The maximum atomic E-state index is 12.5. The van der Waals surface area contributed by atoms with E-state index in [0.717, 1.165) is 22.9 Å². The van der Waals surface area contributed by atoms with E-state index in [1.165, 1.54) is 0 Å². The average molecular weight is 365 g/mol. The van der Waals surface area contributed by atoms with E-state index in [1.807, 2.05) is 30.3 Å². The predicted molar refractivity (Wildman–Crippen MR) is 88.5 cm³/mol. The van der Waals surface area contributed by atoms with Gasteiger partial charge in [-0.3, -0.25) is 4.79 Å². The zero-order valence-corrected chi connectivity index (χ0v) is 13.7. The van der Waals surface area contributed by atoms with Crippen LogP contribution in [0, 0.1) is 5.92 Å². The highest BCUT2D eigenvalue weighted by atomic mass is 79.9. The van der Waals surface area contributed by atoms with E-state index in [1.54, 1.807) is 6.07 Å². The molecule has 1 aliphatic rings. The Kier molecular flexibility index (Phi) is 4.32. The highest BCUT2D eigenvalue weighted by molar-refractivity contribution is 9.10. The molecule has 1 unspecified atom stereocenters. The van der Waals surface area contributed by atoms with Crippen LogP contribution in [0.3, 0.4) is 0 Å². The highest BCUT2D eigenvalue weighted by Gasteiger charge is 2.33. The second-order valence-corrected chi connectivity index (χ2v) is 6.53. The summed E-state index contributed by atoms with van der Waals surface area (Å²) in [5, 5.41) is 3.59. The molecule has 1 aliphatic carbocycles. The summed E-state index contributed by atoms with van der Waals surface area (Å²) in [6, 6.07) is 15.6. The van der Waals surface area contributed by atoms with Gasteiger partial charge in [-0.1, -0.05) is 48.0 Å². The zero-order valence-electron chi connectivity index (χ0n) is 11.4. The van der Waals surface area contributed by atoms with Crippen molar-refractivity contribution >= 4 is 33.4 Å². The third-order valence-electron chi connectivity index (χ3n) is 3.73. The molecular formula is C17H15BrClNO. The van der Waals surface area contributed by atoms with Crippen LogP contribution in [0.2, 0.25) is 5.02 Å². The molecule has 2 aromatic carbocycles. The van der Waals surface area contributed by atoms with E-state index in [-0.39, 0.29) is 11.9 Å². The molecular weight excluding hydrogens is 350 g/mol. The van der Waals surface area contributed by atoms with Gasteiger partial charge >= 0.3 is 0 Å². The Hall–Kier alpha value is -1.32. The van der Waals surface area contributed by atoms with Gasteiger partial charge in [-0.25, -0.2) is 0 Å². The summed E-state index contributed by atoms with van der Waals surface area (Å²) >= 11 is 9.56. The van der Waals surface area contributed by atoms with Gasteiger partial charge in [0.2, 0.25) is 0 Å². The number of rotatable bonds is 4. The number of hydrogen-bond donors (Lipinski definition) is 1. The Balaban J connectivity index is 1.83. The van der Waals surface area contributed by atoms with Crippen molar-refractivity contribution in [3.63, 3.8) is 0 Å². The molecule has 0 aliphatic heterocycles. The standard InChI is InChI=1S/C17H15BrClNO/c18-14-8-4-7-13(15(14)19)17(21)20-16(12-9-10-12)11-5-2-1-3-6-11/h1-8,12,16H,9-10H2,(H,20,21). The lowest BCUT2D eigenvalue weighted by Gasteiger charge is -2.19. The van der Waals surface area contributed by atoms with E-state index in [4.69, 9.17) is 11.6 Å². The first-order valence-electron chi connectivity index (χ1n) is 6.96. The van der Waals surface area contributed by atoms with Crippen LogP contribution >= 0.6 is 27.5 Å². The lowest BCUT2D eigenvalue weighted by atomic mass is 10.0. The molecule has 2 aromatic rings. The van der Waals surface area contributed by atoms with Crippen LogP contribution in [-0.4, -0.2) is 5.91 Å². The van der Waals surface area contributed by atoms with Crippen molar-refractivity contribution in [2.75, 3.05) is 0 Å². The quantitative estimate of drug-likeness (QED) is 0.814. The van der Waals surface area contributed by atoms with Crippen LogP contribution in [0.15, 0.2) is 53.0 Å². The summed E-state index contributed by atoms with van der Waals surface area (Å²) < 4.78 is 0.736. The summed E-state index contributed by atoms with van der Waals surface area (Å²) in [5.74, 6) is 0.407. The van der Waals surface area contributed by atoms with Gasteiger partial charge in [-0.2, -0.15) is 0 Å². The molecule has 0 aromatic heterocycles. The van der Waals surface area contributed by atoms with E-state index in [2.05, 4.69) is 33.4 Å². The number of benzene rings is 2. The van der Waals surface area contributed by atoms with Crippen molar-refractivity contribution in [1.82, 2.24) is 5.32 Å². The second-order valence-electron chi connectivity index (χ2n) is 5.30. The van der Waals surface area contributed by atoms with E-state index in [9.17, 15) is 4.79 Å². The summed E-state index contributed by atoms with van der Waals surface area (Å²) in [6.45, 7) is 0. The molecule has 21 heavy (non-hydrogen) atoms. The van der Waals surface area contributed by atoms with Crippen molar-refractivity contribution in [2.45, 2.75) is 18.9 Å². The largest absolute Gasteiger partial charge is 0.345 e. The first-order valence-corrected chi connectivity index (χ1v) is 8.13. The molecule has 1 amide bonds. The molecule has 2 nitrogen and oxygen atoms in total. The maximum Gasteiger partial charge on any atom is 0.253 e. The van der Waals surface area contributed by atoms with Gasteiger partial charge in [0.25, 0.3) is 5.91 Å². The molecule has 0 heterocycles. The number of amides is 1. The third kappa shape index (κ3) is 3.30. The minimum atomic E-state index is -0.123. The van der Waals surface area contributed by atoms with E-state index < -0.39 is 0 Å². The Morgan fingerprint density at radius 3 is 2.52 bits per heavy atom. The Labute approximate surface area is 137 Å². The van der Waals surface area contributed by atoms with Gasteiger partial charge in [-0.05, 0) is 52.4 Å². The van der Waals surface area contributed by atoms with Crippen LogP contribution in [-0.2, 0) is 0 Å². The summed E-state index contributed by atoms with van der Waals surface area (Å²) in [6.07, 6.45) is 2.32. The first kappa shape index (κ1) is 14.6. The van der Waals surface area contributed by atoms with Gasteiger partial charge in [0, 0.05) is 4.47 Å². The van der Waals surface area contributed by atoms with Gasteiger partial charge in [0.1, 0.15) is 0 Å².